The minimum Gasteiger partial charge on any atom is -1.00 e. The van der Waals surface area contributed by atoms with Crippen LogP contribution in [0.2, 0.25) is 0 Å². The van der Waals surface area contributed by atoms with Crippen LogP contribution in [0.15, 0.2) is 42.7 Å². The van der Waals surface area contributed by atoms with Gasteiger partial charge < -0.3 is 43.5 Å². The molecule has 1 heterocycles. The zero-order valence-electron chi connectivity index (χ0n) is 23.8. The predicted octanol–water partition coefficient (Wildman–Crippen LogP) is 3.34. The number of carbonyl (C=O) groups excluding carboxylic acids is 1. The third kappa shape index (κ3) is 15.4. The first-order valence-corrected chi connectivity index (χ1v) is 14.3. The number of methoxy groups -OCH3 is 1. The van der Waals surface area contributed by atoms with Gasteiger partial charge in [0.1, 0.15) is 12.8 Å². The summed E-state index contributed by atoms with van der Waals surface area (Å²) in [6, 6.07) is 9.59. The average Bonchev–Trinajstić information content (AvgIpc) is 2.91. The van der Waals surface area contributed by atoms with Gasteiger partial charge in [0.2, 0.25) is 0 Å². The third-order valence-electron chi connectivity index (χ3n) is 6.54. The van der Waals surface area contributed by atoms with Crippen LogP contribution >= 0.6 is 0 Å². The Labute approximate surface area is 247 Å². The van der Waals surface area contributed by atoms with Crippen molar-refractivity contribution in [1.82, 2.24) is 5.32 Å². The summed E-state index contributed by atoms with van der Waals surface area (Å²) in [5.41, 5.74) is 1.18. The highest BCUT2D eigenvalue weighted by Gasteiger charge is 2.09. The van der Waals surface area contributed by atoms with Crippen molar-refractivity contribution in [2.24, 2.45) is 7.05 Å². The number of amides is 1. The van der Waals surface area contributed by atoms with Crippen LogP contribution in [0.25, 0.3) is 0 Å². The van der Waals surface area contributed by atoms with Crippen LogP contribution in [0.1, 0.15) is 89.5 Å². The van der Waals surface area contributed by atoms with Crippen LogP contribution in [0, 0.1) is 0 Å². The molecule has 1 aromatic heterocycles. The Hall–Kier alpha value is -2.03. The molecular formula is C31H49IN2O4. The van der Waals surface area contributed by atoms with E-state index in [0.717, 1.165) is 18.6 Å². The zero-order valence-corrected chi connectivity index (χ0v) is 26.0. The van der Waals surface area contributed by atoms with Gasteiger partial charge in [-0.25, -0.2) is 4.57 Å². The summed E-state index contributed by atoms with van der Waals surface area (Å²) in [6.07, 6.45) is 20.7. The summed E-state index contributed by atoms with van der Waals surface area (Å²) in [7, 11) is 3.58. The molecule has 0 saturated carbocycles. The number of halogens is 1. The van der Waals surface area contributed by atoms with Crippen molar-refractivity contribution >= 4 is 5.91 Å². The van der Waals surface area contributed by atoms with E-state index in [0.29, 0.717) is 24.7 Å². The lowest BCUT2D eigenvalue weighted by molar-refractivity contribution is -0.671. The maximum absolute atomic E-state index is 12.2. The summed E-state index contributed by atoms with van der Waals surface area (Å²) in [5, 5.41) is 2.90. The van der Waals surface area contributed by atoms with Crippen molar-refractivity contribution in [1.29, 1.82) is 0 Å². The molecule has 2 rings (SSSR count). The number of aromatic nitrogens is 1. The number of pyridine rings is 1. The number of carbonyl (C=O) groups is 1. The van der Waals surface area contributed by atoms with Gasteiger partial charge in [-0.3, -0.25) is 4.79 Å². The summed E-state index contributed by atoms with van der Waals surface area (Å²) < 4.78 is 19.0. The average molecular weight is 641 g/mol. The van der Waals surface area contributed by atoms with Gasteiger partial charge in [0.25, 0.3) is 5.91 Å². The van der Waals surface area contributed by atoms with Gasteiger partial charge >= 0.3 is 0 Å². The van der Waals surface area contributed by atoms with E-state index in [-0.39, 0.29) is 36.5 Å². The first-order chi connectivity index (χ1) is 18.1. The topological polar surface area (TPSA) is 60.7 Å². The van der Waals surface area contributed by atoms with E-state index in [9.17, 15) is 4.79 Å². The van der Waals surface area contributed by atoms with Gasteiger partial charge in [-0.1, -0.05) is 77.6 Å². The van der Waals surface area contributed by atoms with Crippen LogP contribution in [0.4, 0.5) is 0 Å². The largest absolute Gasteiger partial charge is 1.00 e. The summed E-state index contributed by atoms with van der Waals surface area (Å²) >= 11 is 0. The molecule has 0 saturated heterocycles. The second-order valence-corrected chi connectivity index (χ2v) is 9.81. The molecule has 7 heteroatoms. The van der Waals surface area contributed by atoms with Gasteiger partial charge in [0, 0.05) is 24.7 Å². The Morgan fingerprint density at radius 3 is 2.03 bits per heavy atom. The van der Waals surface area contributed by atoms with E-state index in [4.69, 9.17) is 14.2 Å². The number of hydrogen-bond acceptors (Lipinski definition) is 4. The molecule has 1 amide bonds. The Kier molecular flexibility index (Phi) is 19.6. The molecule has 6 nitrogen and oxygen atoms in total. The van der Waals surface area contributed by atoms with E-state index in [1.807, 2.05) is 36.1 Å². The third-order valence-corrected chi connectivity index (χ3v) is 6.54. The first kappa shape index (κ1) is 34.0. The van der Waals surface area contributed by atoms with Gasteiger partial charge in [-0.05, 0) is 30.5 Å². The molecule has 1 N–H and O–H groups in total. The van der Waals surface area contributed by atoms with Crippen molar-refractivity contribution in [3.05, 3.63) is 48.3 Å². The van der Waals surface area contributed by atoms with Crippen molar-refractivity contribution < 1.29 is 47.5 Å². The fourth-order valence-corrected chi connectivity index (χ4v) is 4.23. The minimum atomic E-state index is -0.157. The standard InChI is InChI=1S/C31H48N2O4.HI/c1-4-5-6-7-8-9-10-11-12-13-14-15-24-36-28-16-17-29(30(25-28)35-3)37-26-31(34)32-21-18-27-19-22-33(2)23-20-27;/h16-17,19-20,22-23,25H,4-15,18,21,24,26H2,1-3H3;1H. The highest BCUT2D eigenvalue weighted by Crippen LogP contribution is 2.31. The minimum absolute atomic E-state index is 0. The molecule has 2 aromatic rings. The Balaban J connectivity index is 0.00000722. The lowest BCUT2D eigenvalue weighted by Crippen LogP contribution is -3.00. The van der Waals surface area contributed by atoms with Gasteiger partial charge in [0.05, 0.1) is 13.7 Å². The molecule has 0 bridgehead atoms. The summed E-state index contributed by atoms with van der Waals surface area (Å²) in [6.45, 7) is 3.48. The monoisotopic (exact) mass is 640 g/mol. The number of nitrogens with zero attached hydrogens (tertiary/aromatic N) is 1. The molecule has 214 valence electrons. The van der Waals surface area contributed by atoms with Crippen LogP contribution in [-0.2, 0) is 18.3 Å². The van der Waals surface area contributed by atoms with Crippen LogP contribution in [0.3, 0.4) is 0 Å². The number of rotatable bonds is 21. The molecular weight excluding hydrogens is 591 g/mol. The van der Waals surface area contributed by atoms with E-state index >= 15 is 0 Å². The fraction of sp³-hybridized carbons (Fsp3) is 0.613. The number of nitrogens with one attached hydrogen (secondary N) is 1. The lowest BCUT2D eigenvalue weighted by Gasteiger charge is -2.13. The lowest BCUT2D eigenvalue weighted by atomic mass is 10.1. The zero-order chi connectivity index (χ0) is 26.6. The SMILES string of the molecule is CCCCCCCCCCCCCCOc1ccc(OCC(=O)NCCc2cc[n+](C)cc2)c(OC)c1.[I-]. The Morgan fingerprint density at radius 2 is 1.42 bits per heavy atom. The summed E-state index contributed by atoms with van der Waals surface area (Å²) in [4.78, 5) is 12.2. The van der Waals surface area contributed by atoms with Crippen molar-refractivity contribution in [2.75, 3.05) is 26.9 Å². The van der Waals surface area contributed by atoms with Crippen LogP contribution in [-0.4, -0.2) is 32.8 Å². The molecule has 0 aliphatic heterocycles. The van der Waals surface area contributed by atoms with Crippen molar-refractivity contribution in [3.63, 3.8) is 0 Å². The van der Waals surface area contributed by atoms with Crippen LogP contribution < -0.4 is 48.1 Å². The van der Waals surface area contributed by atoms with Crippen molar-refractivity contribution in [3.8, 4) is 17.2 Å². The van der Waals surface area contributed by atoms with Gasteiger partial charge in [0.15, 0.2) is 30.5 Å². The quantitative estimate of drug-likeness (QED) is 0.129. The van der Waals surface area contributed by atoms with Gasteiger partial charge in [-0.15, -0.1) is 0 Å². The van der Waals surface area contributed by atoms with E-state index in [1.54, 1.807) is 13.2 Å². The van der Waals surface area contributed by atoms with E-state index in [1.165, 1.54) is 76.2 Å². The first-order valence-electron chi connectivity index (χ1n) is 14.3. The fourth-order valence-electron chi connectivity index (χ4n) is 4.23. The Bertz CT molecular complexity index is 877. The molecule has 0 radical (unpaired) electrons. The molecule has 0 fully saturated rings. The number of hydrogen-bond donors (Lipinski definition) is 1. The second kappa shape index (κ2) is 21.9. The number of unbranched alkanes of at least 4 members (excludes halogenated alkanes) is 11. The number of aryl methyl sites for hydroxylation is 1. The molecule has 0 atom stereocenters. The Morgan fingerprint density at radius 1 is 0.816 bits per heavy atom. The number of benzene rings is 1. The van der Waals surface area contributed by atoms with E-state index < -0.39 is 0 Å². The molecule has 0 aliphatic carbocycles. The molecule has 0 aliphatic rings. The molecule has 0 spiro atoms. The maximum atomic E-state index is 12.2. The molecule has 1 aromatic carbocycles. The highest BCUT2D eigenvalue weighted by atomic mass is 127. The van der Waals surface area contributed by atoms with Crippen molar-refractivity contribution in [2.45, 2.75) is 90.4 Å². The highest BCUT2D eigenvalue weighted by molar-refractivity contribution is 5.77. The van der Waals surface area contributed by atoms with Crippen LogP contribution in [0.5, 0.6) is 17.2 Å². The second-order valence-electron chi connectivity index (χ2n) is 9.81. The van der Waals surface area contributed by atoms with Gasteiger partial charge in [-0.2, -0.15) is 0 Å². The molecule has 0 unspecified atom stereocenters. The summed E-state index contributed by atoms with van der Waals surface area (Å²) in [5.74, 6) is 1.70. The van der Waals surface area contributed by atoms with E-state index in [2.05, 4.69) is 24.4 Å². The molecule has 38 heavy (non-hydrogen) atoms. The maximum Gasteiger partial charge on any atom is 0.257 e. The predicted molar refractivity (Wildman–Crippen MR) is 149 cm³/mol. The smallest absolute Gasteiger partial charge is 0.257 e. The normalized spacial score (nSPS) is 10.5. The number of ether oxygens (including phenoxy) is 3.